The molecule has 0 aromatic carbocycles. The van der Waals surface area contributed by atoms with E-state index < -0.39 is 0 Å². The van der Waals surface area contributed by atoms with Gasteiger partial charge in [0, 0.05) is 6.42 Å². The minimum Gasteiger partial charge on any atom is -0.352 e. The van der Waals surface area contributed by atoms with Crippen LogP contribution in [0, 0.1) is 23.7 Å². The van der Waals surface area contributed by atoms with E-state index in [-0.39, 0.29) is 12.6 Å². The summed E-state index contributed by atoms with van der Waals surface area (Å²) in [6.45, 7) is 19.9. The molecule has 0 fully saturated rings. The van der Waals surface area contributed by atoms with Crippen molar-refractivity contribution in [2.24, 2.45) is 23.7 Å². The first kappa shape index (κ1) is 22.8. The first-order chi connectivity index (χ1) is 10.7. The van der Waals surface area contributed by atoms with Gasteiger partial charge in [-0.3, -0.25) is 0 Å². The molecule has 0 bridgehead atoms. The second kappa shape index (κ2) is 13.2. The van der Waals surface area contributed by atoms with E-state index in [2.05, 4.69) is 55.4 Å². The zero-order valence-corrected chi connectivity index (χ0v) is 16.6. The van der Waals surface area contributed by atoms with Crippen molar-refractivity contribution in [3.63, 3.8) is 0 Å². The average molecular weight is 333 g/mol. The zero-order valence-electron chi connectivity index (χ0n) is 16.6. The summed E-state index contributed by atoms with van der Waals surface area (Å²) in [5.74, 6) is 1.91. The highest BCUT2D eigenvalue weighted by atomic mass is 16.7. The molecular weight excluding hydrogens is 292 g/mol. The maximum absolute atomic E-state index is 5.92. The molecule has 0 rings (SSSR count). The molecule has 0 saturated heterocycles. The number of rotatable bonds is 14. The van der Waals surface area contributed by atoms with Crippen LogP contribution in [0.1, 0.15) is 61.8 Å². The third-order valence-electron chi connectivity index (χ3n) is 2.85. The van der Waals surface area contributed by atoms with Crippen LogP contribution in [-0.4, -0.2) is 39.0 Å². The molecule has 0 heterocycles. The lowest BCUT2D eigenvalue weighted by Gasteiger charge is -2.27. The van der Waals surface area contributed by atoms with Gasteiger partial charge in [0.25, 0.3) is 0 Å². The van der Waals surface area contributed by atoms with Gasteiger partial charge in [-0.1, -0.05) is 55.4 Å². The quantitative estimate of drug-likeness (QED) is 0.431. The molecule has 0 aliphatic rings. The monoisotopic (exact) mass is 332 g/mol. The van der Waals surface area contributed by atoms with Crippen molar-refractivity contribution in [2.75, 3.05) is 26.4 Å². The molecule has 0 radical (unpaired) electrons. The minimum atomic E-state index is -0.274. The van der Waals surface area contributed by atoms with Crippen molar-refractivity contribution in [1.29, 1.82) is 0 Å². The van der Waals surface area contributed by atoms with Crippen molar-refractivity contribution in [3.8, 4) is 0 Å². The maximum Gasteiger partial charge on any atom is 0.162 e. The Hall–Kier alpha value is -0.160. The highest BCUT2D eigenvalue weighted by molar-refractivity contribution is 4.56. The Bertz CT molecular complexity index is 214. The van der Waals surface area contributed by atoms with Crippen molar-refractivity contribution < 1.29 is 18.9 Å². The van der Waals surface area contributed by atoms with Gasteiger partial charge in [0.1, 0.15) is 0 Å². The first-order valence-electron chi connectivity index (χ1n) is 9.17. The SMILES string of the molecule is CC(C)COC(CC(OCC(C)C)OCC(C)C)OCC(C)C. The summed E-state index contributed by atoms with van der Waals surface area (Å²) in [5.41, 5.74) is 0. The van der Waals surface area contributed by atoms with Crippen LogP contribution in [0.5, 0.6) is 0 Å². The summed E-state index contributed by atoms with van der Waals surface area (Å²) in [6.07, 6.45) is 0.0621. The van der Waals surface area contributed by atoms with Gasteiger partial charge in [-0.2, -0.15) is 0 Å². The number of hydrogen-bond donors (Lipinski definition) is 0. The fraction of sp³-hybridized carbons (Fsp3) is 1.00. The fourth-order valence-electron chi connectivity index (χ4n) is 1.72. The molecule has 0 aliphatic carbocycles. The van der Waals surface area contributed by atoms with E-state index in [1.54, 1.807) is 0 Å². The van der Waals surface area contributed by atoms with E-state index in [9.17, 15) is 0 Å². The molecule has 0 aliphatic heterocycles. The second-order valence-corrected chi connectivity index (χ2v) is 8.00. The van der Waals surface area contributed by atoms with Crippen molar-refractivity contribution in [2.45, 2.75) is 74.4 Å². The predicted molar refractivity (Wildman–Crippen MR) is 95.4 cm³/mol. The minimum absolute atomic E-state index is 0.274. The molecule has 0 saturated carbocycles. The van der Waals surface area contributed by atoms with Gasteiger partial charge >= 0.3 is 0 Å². The smallest absolute Gasteiger partial charge is 0.162 e. The summed E-state index contributed by atoms with van der Waals surface area (Å²) in [4.78, 5) is 0. The molecule has 4 nitrogen and oxygen atoms in total. The Morgan fingerprint density at radius 3 is 0.826 bits per heavy atom. The molecule has 4 heteroatoms. The van der Waals surface area contributed by atoms with Gasteiger partial charge in [0.2, 0.25) is 0 Å². The molecule has 0 spiro atoms. The van der Waals surface area contributed by atoms with Crippen LogP contribution in [0.2, 0.25) is 0 Å². The van der Waals surface area contributed by atoms with Crippen LogP contribution < -0.4 is 0 Å². The summed E-state index contributed by atoms with van der Waals surface area (Å²) in [6, 6.07) is 0. The molecule has 0 N–H and O–H groups in total. The van der Waals surface area contributed by atoms with E-state index in [0.29, 0.717) is 56.5 Å². The first-order valence-corrected chi connectivity index (χ1v) is 9.17. The van der Waals surface area contributed by atoms with E-state index in [4.69, 9.17) is 18.9 Å². The molecule has 0 unspecified atom stereocenters. The average Bonchev–Trinajstić information content (AvgIpc) is 2.43. The number of ether oxygens (including phenoxy) is 4. The van der Waals surface area contributed by atoms with Crippen LogP contribution in [0.3, 0.4) is 0 Å². The largest absolute Gasteiger partial charge is 0.352 e. The van der Waals surface area contributed by atoms with Crippen molar-refractivity contribution in [3.05, 3.63) is 0 Å². The Kier molecular flexibility index (Phi) is 13.1. The fourth-order valence-corrected chi connectivity index (χ4v) is 1.72. The summed E-state index contributed by atoms with van der Waals surface area (Å²) in [7, 11) is 0. The van der Waals surface area contributed by atoms with Gasteiger partial charge in [0.05, 0.1) is 26.4 Å². The maximum atomic E-state index is 5.92. The van der Waals surface area contributed by atoms with E-state index in [1.807, 2.05) is 0 Å². The molecule has 23 heavy (non-hydrogen) atoms. The summed E-state index contributed by atoms with van der Waals surface area (Å²) < 4.78 is 23.7. The lowest BCUT2D eigenvalue weighted by atomic mass is 10.2. The van der Waals surface area contributed by atoms with Gasteiger partial charge in [0.15, 0.2) is 12.6 Å². The van der Waals surface area contributed by atoms with E-state index >= 15 is 0 Å². The van der Waals surface area contributed by atoms with Crippen LogP contribution in [-0.2, 0) is 18.9 Å². The van der Waals surface area contributed by atoms with E-state index in [1.165, 1.54) is 0 Å². The van der Waals surface area contributed by atoms with Crippen molar-refractivity contribution in [1.82, 2.24) is 0 Å². The molecule has 0 amide bonds. The summed E-state index contributed by atoms with van der Waals surface area (Å²) in [5, 5.41) is 0. The molecule has 0 aromatic rings. The zero-order chi connectivity index (χ0) is 17.8. The normalized spacial score (nSPS) is 12.8. The molecule has 0 aromatic heterocycles. The van der Waals surface area contributed by atoms with Crippen LogP contribution in [0.25, 0.3) is 0 Å². The van der Waals surface area contributed by atoms with Gasteiger partial charge in [-0.25, -0.2) is 0 Å². The van der Waals surface area contributed by atoms with Gasteiger partial charge in [-0.05, 0) is 23.7 Å². The highest BCUT2D eigenvalue weighted by Crippen LogP contribution is 2.14. The molecular formula is C19H40O4. The lowest BCUT2D eigenvalue weighted by Crippen LogP contribution is -2.31. The standard InChI is InChI=1S/C19H40O4/c1-14(2)10-20-18(21-11-15(3)4)9-19(22-12-16(5)6)23-13-17(7)8/h14-19H,9-13H2,1-8H3. The number of hydrogen-bond acceptors (Lipinski definition) is 4. The van der Waals surface area contributed by atoms with Crippen LogP contribution >= 0.6 is 0 Å². The van der Waals surface area contributed by atoms with Crippen LogP contribution in [0.4, 0.5) is 0 Å². The molecule has 140 valence electrons. The Morgan fingerprint density at radius 1 is 0.435 bits per heavy atom. The Labute approximate surface area is 144 Å². The topological polar surface area (TPSA) is 36.9 Å². The Morgan fingerprint density at radius 2 is 0.652 bits per heavy atom. The highest BCUT2D eigenvalue weighted by Gasteiger charge is 2.20. The van der Waals surface area contributed by atoms with Crippen molar-refractivity contribution >= 4 is 0 Å². The van der Waals surface area contributed by atoms with Gasteiger partial charge in [-0.15, -0.1) is 0 Å². The second-order valence-electron chi connectivity index (χ2n) is 8.00. The predicted octanol–water partition coefficient (Wildman–Crippen LogP) is 4.72. The van der Waals surface area contributed by atoms with Gasteiger partial charge < -0.3 is 18.9 Å². The lowest BCUT2D eigenvalue weighted by molar-refractivity contribution is -0.222. The summed E-state index contributed by atoms with van der Waals surface area (Å²) >= 11 is 0. The molecule has 0 atom stereocenters. The van der Waals surface area contributed by atoms with E-state index in [0.717, 1.165) is 0 Å². The third kappa shape index (κ3) is 15.1. The third-order valence-corrected chi connectivity index (χ3v) is 2.85. The van der Waals surface area contributed by atoms with Crippen LogP contribution in [0.15, 0.2) is 0 Å². The Balaban J connectivity index is 4.56.